The van der Waals surface area contributed by atoms with Crippen LogP contribution in [0.25, 0.3) is 22.3 Å². The van der Waals surface area contributed by atoms with Gasteiger partial charge in [-0.05, 0) is 47.2 Å². The lowest BCUT2D eigenvalue weighted by Crippen LogP contribution is -2.10. The van der Waals surface area contributed by atoms with Crippen LogP contribution in [0.5, 0.6) is 0 Å². The predicted molar refractivity (Wildman–Crippen MR) is 102 cm³/mol. The minimum absolute atomic E-state index is 0.0829. The number of hydrogen-bond acceptors (Lipinski definition) is 2. The SMILES string of the molecule is CC(C)c1ccn2nc(-c3ccc4c(C(C)(C)C)cnn4c3)cc2c1. The second-order valence-corrected chi connectivity index (χ2v) is 8.07. The molecule has 0 unspecified atom stereocenters. The second-order valence-electron chi connectivity index (χ2n) is 8.07. The smallest absolute Gasteiger partial charge is 0.0949 e. The van der Waals surface area contributed by atoms with Crippen molar-refractivity contribution >= 4 is 11.0 Å². The summed E-state index contributed by atoms with van der Waals surface area (Å²) in [5, 5.41) is 9.27. The molecule has 0 bridgehead atoms. The van der Waals surface area contributed by atoms with E-state index < -0.39 is 0 Å². The molecule has 0 spiro atoms. The second kappa shape index (κ2) is 5.45. The minimum Gasteiger partial charge on any atom is -0.240 e. The average Bonchev–Trinajstić information content (AvgIpc) is 3.16. The summed E-state index contributed by atoms with van der Waals surface area (Å²) in [6.45, 7) is 11.1. The lowest BCUT2D eigenvalue weighted by Gasteiger charge is -2.16. The van der Waals surface area contributed by atoms with Crippen molar-refractivity contribution in [1.29, 1.82) is 0 Å². The van der Waals surface area contributed by atoms with Gasteiger partial charge >= 0.3 is 0 Å². The van der Waals surface area contributed by atoms with Crippen LogP contribution in [0.2, 0.25) is 0 Å². The Morgan fingerprint density at radius 3 is 2.52 bits per heavy atom. The van der Waals surface area contributed by atoms with E-state index in [4.69, 9.17) is 5.10 Å². The first-order valence-electron chi connectivity index (χ1n) is 8.80. The summed E-state index contributed by atoms with van der Waals surface area (Å²) in [5.74, 6) is 0.514. The molecular formula is C21H24N4. The lowest BCUT2D eigenvalue weighted by molar-refractivity contribution is 0.595. The van der Waals surface area contributed by atoms with Gasteiger partial charge in [-0.2, -0.15) is 10.2 Å². The van der Waals surface area contributed by atoms with Gasteiger partial charge in [0.2, 0.25) is 0 Å². The highest BCUT2D eigenvalue weighted by Gasteiger charge is 2.19. The summed E-state index contributed by atoms with van der Waals surface area (Å²) in [6.07, 6.45) is 6.08. The quantitative estimate of drug-likeness (QED) is 0.513. The number of rotatable bonds is 2. The topological polar surface area (TPSA) is 34.6 Å². The van der Waals surface area contributed by atoms with E-state index in [0.29, 0.717) is 5.92 Å². The molecular weight excluding hydrogens is 308 g/mol. The Bertz CT molecular complexity index is 1060. The monoisotopic (exact) mass is 332 g/mol. The van der Waals surface area contributed by atoms with Crippen LogP contribution in [-0.4, -0.2) is 19.2 Å². The van der Waals surface area contributed by atoms with Crippen molar-refractivity contribution in [1.82, 2.24) is 19.2 Å². The molecule has 4 heteroatoms. The number of pyridine rings is 2. The third kappa shape index (κ3) is 2.72. The van der Waals surface area contributed by atoms with Crippen LogP contribution in [0.15, 0.2) is 48.9 Å². The first kappa shape index (κ1) is 15.9. The van der Waals surface area contributed by atoms with Gasteiger partial charge in [0, 0.05) is 23.5 Å². The number of nitrogens with zero attached hydrogens (tertiary/aromatic N) is 4. The van der Waals surface area contributed by atoms with Crippen molar-refractivity contribution in [2.45, 2.75) is 46.0 Å². The third-order valence-electron chi connectivity index (χ3n) is 4.77. The number of hydrogen-bond donors (Lipinski definition) is 0. The molecule has 0 aliphatic carbocycles. The third-order valence-corrected chi connectivity index (χ3v) is 4.77. The van der Waals surface area contributed by atoms with E-state index in [1.807, 2.05) is 21.4 Å². The van der Waals surface area contributed by atoms with E-state index in [1.165, 1.54) is 11.1 Å². The predicted octanol–water partition coefficient (Wildman–Crippen LogP) is 5.07. The maximum Gasteiger partial charge on any atom is 0.0949 e. The van der Waals surface area contributed by atoms with Gasteiger partial charge in [-0.25, -0.2) is 9.03 Å². The fourth-order valence-electron chi connectivity index (χ4n) is 3.23. The molecule has 4 heterocycles. The molecule has 4 aromatic rings. The summed E-state index contributed by atoms with van der Waals surface area (Å²) >= 11 is 0. The zero-order chi connectivity index (χ0) is 17.8. The molecule has 4 rings (SSSR count). The fourth-order valence-corrected chi connectivity index (χ4v) is 3.23. The summed E-state index contributed by atoms with van der Waals surface area (Å²) in [4.78, 5) is 0. The molecule has 0 aliphatic rings. The first-order valence-corrected chi connectivity index (χ1v) is 8.80. The summed E-state index contributed by atoms with van der Waals surface area (Å²) in [7, 11) is 0. The van der Waals surface area contributed by atoms with Gasteiger partial charge in [-0.15, -0.1) is 0 Å². The van der Waals surface area contributed by atoms with E-state index >= 15 is 0 Å². The van der Waals surface area contributed by atoms with Gasteiger partial charge in [0.15, 0.2) is 0 Å². The van der Waals surface area contributed by atoms with Gasteiger partial charge < -0.3 is 0 Å². The molecule has 0 saturated carbocycles. The molecule has 0 aliphatic heterocycles. The first-order chi connectivity index (χ1) is 11.8. The maximum absolute atomic E-state index is 4.72. The number of aromatic nitrogens is 4. The molecule has 0 aromatic carbocycles. The van der Waals surface area contributed by atoms with Crippen LogP contribution < -0.4 is 0 Å². The van der Waals surface area contributed by atoms with Crippen LogP contribution in [0.3, 0.4) is 0 Å². The van der Waals surface area contributed by atoms with Crippen LogP contribution in [0, 0.1) is 0 Å². The number of fused-ring (bicyclic) bond motifs is 2. The van der Waals surface area contributed by atoms with E-state index in [-0.39, 0.29) is 5.41 Å². The molecule has 0 N–H and O–H groups in total. The fraction of sp³-hybridized carbons (Fsp3) is 0.333. The summed E-state index contributed by atoms with van der Waals surface area (Å²) < 4.78 is 3.90. The van der Waals surface area contributed by atoms with Gasteiger partial charge in [0.1, 0.15) is 0 Å². The van der Waals surface area contributed by atoms with Gasteiger partial charge in [0.25, 0.3) is 0 Å². The molecule has 128 valence electrons. The zero-order valence-electron chi connectivity index (χ0n) is 15.5. The molecule has 0 fully saturated rings. The Morgan fingerprint density at radius 1 is 1.00 bits per heavy atom. The standard InChI is InChI=1S/C21H24N4/c1-14(2)15-8-9-24-17(10-15)11-19(23-24)16-6-7-20-18(21(3,4)5)12-22-25(20)13-16/h6-14H,1-5H3. The molecule has 0 radical (unpaired) electrons. The summed E-state index contributed by atoms with van der Waals surface area (Å²) in [6, 6.07) is 10.8. The van der Waals surface area contributed by atoms with Crippen molar-refractivity contribution in [3.05, 3.63) is 60.0 Å². The van der Waals surface area contributed by atoms with Gasteiger partial charge in [-0.1, -0.05) is 34.6 Å². The van der Waals surface area contributed by atoms with Crippen LogP contribution in [0.1, 0.15) is 51.7 Å². The Kier molecular flexibility index (Phi) is 3.46. The molecule has 4 nitrogen and oxygen atoms in total. The van der Waals surface area contributed by atoms with Crippen LogP contribution in [-0.2, 0) is 5.41 Å². The Labute approximate surface area is 148 Å². The van der Waals surface area contributed by atoms with Gasteiger partial charge in [-0.3, -0.25) is 0 Å². The molecule has 0 atom stereocenters. The van der Waals surface area contributed by atoms with E-state index in [2.05, 4.69) is 76.2 Å². The molecule has 4 aromatic heterocycles. The highest BCUT2D eigenvalue weighted by atomic mass is 15.2. The molecule has 25 heavy (non-hydrogen) atoms. The Hall–Kier alpha value is -2.62. The van der Waals surface area contributed by atoms with Crippen molar-refractivity contribution in [2.75, 3.05) is 0 Å². The van der Waals surface area contributed by atoms with Crippen molar-refractivity contribution in [2.24, 2.45) is 0 Å². The van der Waals surface area contributed by atoms with Crippen molar-refractivity contribution in [3.8, 4) is 11.3 Å². The largest absolute Gasteiger partial charge is 0.240 e. The van der Waals surface area contributed by atoms with Crippen LogP contribution in [0.4, 0.5) is 0 Å². The van der Waals surface area contributed by atoms with Crippen molar-refractivity contribution < 1.29 is 0 Å². The van der Waals surface area contributed by atoms with E-state index in [0.717, 1.165) is 22.3 Å². The molecule has 0 amide bonds. The van der Waals surface area contributed by atoms with Crippen LogP contribution >= 0.6 is 0 Å². The van der Waals surface area contributed by atoms with Crippen molar-refractivity contribution in [3.63, 3.8) is 0 Å². The molecule has 0 saturated heterocycles. The van der Waals surface area contributed by atoms with E-state index in [1.54, 1.807) is 0 Å². The Morgan fingerprint density at radius 2 is 1.80 bits per heavy atom. The normalized spacial score (nSPS) is 12.6. The lowest BCUT2D eigenvalue weighted by atomic mass is 9.88. The van der Waals surface area contributed by atoms with E-state index in [9.17, 15) is 0 Å². The average molecular weight is 332 g/mol. The summed E-state index contributed by atoms with van der Waals surface area (Å²) in [5.41, 5.74) is 6.99. The Balaban J connectivity index is 1.80. The highest BCUT2D eigenvalue weighted by Crippen LogP contribution is 2.28. The van der Waals surface area contributed by atoms with Gasteiger partial charge in [0.05, 0.1) is 22.9 Å². The zero-order valence-corrected chi connectivity index (χ0v) is 15.5. The maximum atomic E-state index is 4.72. The highest BCUT2D eigenvalue weighted by molar-refractivity contribution is 5.69. The minimum atomic E-state index is 0.0829.